The minimum absolute atomic E-state index is 0.557. The quantitative estimate of drug-likeness (QED) is 0.622. The summed E-state index contributed by atoms with van der Waals surface area (Å²) in [6.45, 7) is 4.91. The zero-order chi connectivity index (χ0) is 17.1. The number of nitrogens with zero attached hydrogens (tertiary/aromatic N) is 1. The van der Waals surface area contributed by atoms with Crippen molar-refractivity contribution in [2.45, 2.75) is 26.0 Å². The number of anilines is 1. The van der Waals surface area contributed by atoms with E-state index in [1.54, 1.807) is 0 Å². The molecule has 1 aliphatic rings. The molecule has 0 fully saturated rings. The second-order valence-electron chi connectivity index (χ2n) is 6.76. The van der Waals surface area contributed by atoms with Crippen molar-refractivity contribution in [2.24, 2.45) is 0 Å². The van der Waals surface area contributed by atoms with E-state index in [0.717, 1.165) is 18.8 Å². The van der Waals surface area contributed by atoms with Gasteiger partial charge in [0, 0.05) is 30.8 Å². The molecule has 0 N–H and O–H groups in total. The second kappa shape index (κ2) is 7.02. The van der Waals surface area contributed by atoms with Gasteiger partial charge in [0.2, 0.25) is 0 Å². The molecule has 0 saturated heterocycles. The fourth-order valence-corrected chi connectivity index (χ4v) is 3.53. The van der Waals surface area contributed by atoms with E-state index in [1.807, 2.05) is 18.2 Å². The summed E-state index contributed by atoms with van der Waals surface area (Å²) in [4.78, 5) is 2.46. The predicted molar refractivity (Wildman–Crippen MR) is 103 cm³/mol. The first-order chi connectivity index (χ1) is 12.3. The molecular weight excluding hydrogens is 306 g/mol. The Morgan fingerprint density at radius 1 is 0.880 bits per heavy atom. The molecule has 4 rings (SSSR count). The number of hydrogen-bond acceptors (Lipinski definition) is 2. The lowest BCUT2D eigenvalue weighted by Crippen LogP contribution is -2.20. The van der Waals surface area contributed by atoms with Gasteiger partial charge in [-0.1, -0.05) is 73.7 Å². The van der Waals surface area contributed by atoms with Crippen molar-refractivity contribution >= 4 is 5.69 Å². The summed E-state index contributed by atoms with van der Waals surface area (Å²) >= 11 is 0. The molecule has 1 heterocycles. The topological polar surface area (TPSA) is 12.5 Å². The third-order valence-corrected chi connectivity index (χ3v) is 4.83. The Hall–Kier alpha value is -2.74. The van der Waals surface area contributed by atoms with Crippen LogP contribution in [-0.2, 0) is 13.2 Å². The molecule has 2 nitrogen and oxygen atoms in total. The summed E-state index contributed by atoms with van der Waals surface area (Å²) in [7, 11) is 0. The Bertz CT molecular complexity index is 829. The van der Waals surface area contributed by atoms with Crippen LogP contribution in [-0.4, -0.2) is 6.54 Å². The molecule has 0 saturated carbocycles. The third-order valence-electron chi connectivity index (χ3n) is 4.83. The van der Waals surface area contributed by atoms with E-state index in [2.05, 4.69) is 72.5 Å². The monoisotopic (exact) mass is 329 g/mol. The zero-order valence-corrected chi connectivity index (χ0v) is 14.6. The predicted octanol–water partition coefficient (Wildman–Crippen LogP) is 5.39. The lowest BCUT2D eigenvalue weighted by molar-refractivity contribution is 0.306. The average molecular weight is 329 g/mol. The van der Waals surface area contributed by atoms with Crippen LogP contribution in [0.3, 0.4) is 0 Å². The van der Waals surface area contributed by atoms with E-state index in [-0.39, 0.29) is 0 Å². The number of fused-ring (bicyclic) bond motifs is 1. The van der Waals surface area contributed by atoms with Crippen LogP contribution in [0.15, 0.2) is 78.9 Å². The molecule has 1 aliphatic heterocycles. The molecule has 2 heteroatoms. The maximum Gasteiger partial charge on any atom is 0.121 e. The third kappa shape index (κ3) is 3.53. The Morgan fingerprint density at radius 3 is 2.28 bits per heavy atom. The first-order valence-corrected chi connectivity index (χ1v) is 8.89. The van der Waals surface area contributed by atoms with Gasteiger partial charge >= 0.3 is 0 Å². The van der Waals surface area contributed by atoms with Gasteiger partial charge in [-0.05, 0) is 22.8 Å². The van der Waals surface area contributed by atoms with E-state index in [9.17, 15) is 0 Å². The fourth-order valence-electron chi connectivity index (χ4n) is 3.53. The molecule has 0 amide bonds. The van der Waals surface area contributed by atoms with Crippen LogP contribution < -0.4 is 9.64 Å². The van der Waals surface area contributed by atoms with Gasteiger partial charge in [-0.3, -0.25) is 0 Å². The highest BCUT2D eigenvalue weighted by Crippen LogP contribution is 2.39. The number of benzene rings is 3. The lowest BCUT2D eigenvalue weighted by Gasteiger charge is -2.20. The fraction of sp³-hybridized carbons (Fsp3) is 0.217. The lowest BCUT2D eigenvalue weighted by atomic mass is 10.0. The van der Waals surface area contributed by atoms with Crippen molar-refractivity contribution in [1.29, 1.82) is 0 Å². The van der Waals surface area contributed by atoms with E-state index in [1.165, 1.54) is 22.4 Å². The van der Waals surface area contributed by atoms with Crippen molar-refractivity contribution in [3.8, 4) is 5.75 Å². The normalized spacial score (nSPS) is 15.9. The molecule has 0 aliphatic carbocycles. The first kappa shape index (κ1) is 15.8. The van der Waals surface area contributed by atoms with Gasteiger partial charge in [-0.15, -0.1) is 0 Å². The van der Waals surface area contributed by atoms with Gasteiger partial charge in [0.1, 0.15) is 12.4 Å². The molecule has 25 heavy (non-hydrogen) atoms. The van der Waals surface area contributed by atoms with Gasteiger partial charge in [0.05, 0.1) is 0 Å². The van der Waals surface area contributed by atoms with Crippen LogP contribution >= 0.6 is 0 Å². The van der Waals surface area contributed by atoms with Crippen molar-refractivity contribution in [3.05, 3.63) is 95.6 Å². The average Bonchev–Trinajstić information content (AvgIpc) is 2.97. The molecule has 0 radical (unpaired) electrons. The molecule has 0 bridgehead atoms. The largest absolute Gasteiger partial charge is 0.489 e. The van der Waals surface area contributed by atoms with Crippen LogP contribution in [0.2, 0.25) is 0 Å². The molecule has 0 aromatic heterocycles. The van der Waals surface area contributed by atoms with Crippen molar-refractivity contribution in [3.63, 3.8) is 0 Å². The molecular formula is C23H23NO. The number of rotatable bonds is 5. The van der Waals surface area contributed by atoms with Gasteiger partial charge in [0.15, 0.2) is 0 Å². The minimum atomic E-state index is 0.557. The summed E-state index contributed by atoms with van der Waals surface area (Å²) in [6.07, 6.45) is 0. The highest BCUT2D eigenvalue weighted by molar-refractivity contribution is 5.63. The molecule has 0 unspecified atom stereocenters. The number of ether oxygens (including phenoxy) is 1. The standard InChI is InChI=1S/C23H23NO/c1-18-15-24(16-19-8-4-2-5-9-19)23-14-21(12-13-22(18)23)25-17-20-10-6-3-7-11-20/h2-14,18H,15-17H2,1H3/t18-/m0/s1. The van der Waals surface area contributed by atoms with E-state index >= 15 is 0 Å². The summed E-state index contributed by atoms with van der Waals surface area (Å²) in [5, 5.41) is 0. The van der Waals surface area contributed by atoms with Crippen LogP contribution in [0.4, 0.5) is 5.69 Å². The summed E-state index contributed by atoms with van der Waals surface area (Å²) in [5.74, 6) is 1.50. The van der Waals surface area contributed by atoms with Gasteiger partial charge < -0.3 is 9.64 Å². The van der Waals surface area contributed by atoms with E-state index in [4.69, 9.17) is 4.74 Å². The maximum atomic E-state index is 6.02. The molecule has 0 spiro atoms. The van der Waals surface area contributed by atoms with Crippen molar-refractivity contribution in [1.82, 2.24) is 0 Å². The summed E-state index contributed by atoms with van der Waals surface area (Å²) in [6, 6.07) is 27.5. The van der Waals surface area contributed by atoms with Crippen LogP contribution in [0.5, 0.6) is 5.75 Å². The van der Waals surface area contributed by atoms with E-state index < -0.39 is 0 Å². The Kier molecular flexibility index (Phi) is 4.43. The highest BCUT2D eigenvalue weighted by atomic mass is 16.5. The van der Waals surface area contributed by atoms with Gasteiger partial charge in [-0.25, -0.2) is 0 Å². The minimum Gasteiger partial charge on any atom is -0.489 e. The molecule has 3 aromatic rings. The SMILES string of the molecule is C[C@H]1CN(Cc2ccccc2)c2cc(OCc3ccccc3)ccc21. The molecule has 3 aromatic carbocycles. The second-order valence-corrected chi connectivity index (χ2v) is 6.76. The van der Waals surface area contributed by atoms with Crippen LogP contribution in [0, 0.1) is 0 Å². The summed E-state index contributed by atoms with van der Waals surface area (Å²) < 4.78 is 6.02. The van der Waals surface area contributed by atoms with Crippen LogP contribution in [0.25, 0.3) is 0 Å². The Morgan fingerprint density at radius 2 is 1.56 bits per heavy atom. The van der Waals surface area contributed by atoms with E-state index in [0.29, 0.717) is 12.5 Å². The number of hydrogen-bond donors (Lipinski definition) is 0. The maximum absolute atomic E-state index is 6.02. The van der Waals surface area contributed by atoms with Gasteiger partial charge in [-0.2, -0.15) is 0 Å². The molecule has 1 atom stereocenters. The highest BCUT2D eigenvalue weighted by Gasteiger charge is 2.25. The zero-order valence-electron chi connectivity index (χ0n) is 14.6. The first-order valence-electron chi connectivity index (χ1n) is 8.89. The van der Waals surface area contributed by atoms with Gasteiger partial charge in [0.25, 0.3) is 0 Å². The Balaban J connectivity index is 1.52. The molecule has 126 valence electrons. The van der Waals surface area contributed by atoms with Crippen LogP contribution in [0.1, 0.15) is 29.5 Å². The van der Waals surface area contributed by atoms with Crippen molar-refractivity contribution in [2.75, 3.05) is 11.4 Å². The summed E-state index contributed by atoms with van der Waals surface area (Å²) in [5.41, 5.74) is 5.26. The van der Waals surface area contributed by atoms with Crippen molar-refractivity contribution < 1.29 is 4.74 Å². The smallest absolute Gasteiger partial charge is 0.121 e. The Labute approximate surface area is 149 Å².